The smallest absolute Gasteiger partial charge is 0.0428 e. The highest BCUT2D eigenvalue weighted by Crippen LogP contribution is 2.26. The van der Waals surface area contributed by atoms with Crippen LogP contribution in [-0.4, -0.2) is 13.6 Å². The van der Waals surface area contributed by atoms with Gasteiger partial charge in [-0.05, 0) is 42.3 Å². The molecule has 2 aromatic rings. The number of halogens is 1. The van der Waals surface area contributed by atoms with E-state index < -0.39 is 0 Å². The Morgan fingerprint density at radius 1 is 1.10 bits per heavy atom. The Morgan fingerprint density at radius 3 is 2.57 bits per heavy atom. The molecule has 0 saturated carbocycles. The molecule has 0 fully saturated rings. The van der Waals surface area contributed by atoms with Crippen molar-refractivity contribution in [2.24, 2.45) is 0 Å². The summed E-state index contributed by atoms with van der Waals surface area (Å²) in [6.07, 6.45) is 0. The molecule has 1 N–H and O–H groups in total. The monoisotopic (exact) mass is 302 g/mol. The van der Waals surface area contributed by atoms with Gasteiger partial charge in [0, 0.05) is 30.8 Å². The fourth-order valence-electron chi connectivity index (χ4n) is 2.43. The number of rotatable bonds is 6. The van der Waals surface area contributed by atoms with Crippen LogP contribution in [0.5, 0.6) is 0 Å². The van der Waals surface area contributed by atoms with Crippen molar-refractivity contribution in [1.29, 1.82) is 0 Å². The zero-order chi connectivity index (χ0) is 15.2. The van der Waals surface area contributed by atoms with E-state index in [1.54, 1.807) is 0 Å². The van der Waals surface area contributed by atoms with E-state index in [0.717, 1.165) is 24.7 Å². The molecule has 2 nitrogen and oxygen atoms in total. The number of nitrogens with one attached hydrogen (secondary N) is 1. The summed E-state index contributed by atoms with van der Waals surface area (Å²) in [6.45, 7) is 6.98. The lowest BCUT2D eigenvalue weighted by Gasteiger charge is -2.24. The molecule has 0 atom stereocenters. The van der Waals surface area contributed by atoms with Crippen LogP contribution in [0.4, 0.5) is 5.69 Å². The van der Waals surface area contributed by atoms with E-state index in [-0.39, 0.29) is 0 Å². The minimum absolute atomic E-state index is 0.780. The Morgan fingerprint density at radius 2 is 1.86 bits per heavy atom. The first-order chi connectivity index (χ1) is 10.1. The maximum Gasteiger partial charge on any atom is 0.0428 e. The molecule has 0 saturated heterocycles. The molecule has 3 heteroatoms. The topological polar surface area (TPSA) is 15.3 Å². The van der Waals surface area contributed by atoms with E-state index in [9.17, 15) is 0 Å². The minimum atomic E-state index is 0.780. The van der Waals surface area contributed by atoms with Gasteiger partial charge in [-0.2, -0.15) is 0 Å². The van der Waals surface area contributed by atoms with Crippen LogP contribution in [0.15, 0.2) is 42.5 Å². The van der Waals surface area contributed by atoms with Gasteiger partial charge in [0.15, 0.2) is 0 Å². The van der Waals surface area contributed by atoms with Crippen LogP contribution in [0.1, 0.15) is 23.6 Å². The highest BCUT2D eigenvalue weighted by molar-refractivity contribution is 6.30. The van der Waals surface area contributed by atoms with E-state index in [2.05, 4.69) is 61.4 Å². The standard InChI is InChI=1S/C18H23ClN2/c1-4-20-12-15-9-10-17(19)11-18(15)21(3)13-16-8-6-5-7-14(16)2/h5-11,20H,4,12-13H2,1-3H3. The number of anilines is 1. The maximum atomic E-state index is 6.18. The molecule has 0 aliphatic rings. The van der Waals surface area contributed by atoms with Crippen LogP contribution in [0.2, 0.25) is 5.02 Å². The number of hydrogen-bond donors (Lipinski definition) is 1. The van der Waals surface area contributed by atoms with Crippen LogP contribution < -0.4 is 10.2 Å². The summed E-state index contributed by atoms with van der Waals surface area (Å²) < 4.78 is 0. The molecular weight excluding hydrogens is 280 g/mol. The Labute approximate surface area is 132 Å². The van der Waals surface area contributed by atoms with Crippen molar-refractivity contribution >= 4 is 17.3 Å². The first-order valence-electron chi connectivity index (χ1n) is 7.36. The fraction of sp³-hybridized carbons (Fsp3) is 0.333. The summed E-state index contributed by atoms with van der Waals surface area (Å²) in [6, 6.07) is 14.6. The molecule has 112 valence electrons. The molecule has 21 heavy (non-hydrogen) atoms. The van der Waals surface area contributed by atoms with Gasteiger partial charge in [0.1, 0.15) is 0 Å². The van der Waals surface area contributed by atoms with E-state index in [4.69, 9.17) is 11.6 Å². The first kappa shape index (κ1) is 15.9. The van der Waals surface area contributed by atoms with Gasteiger partial charge in [0.25, 0.3) is 0 Å². The van der Waals surface area contributed by atoms with Gasteiger partial charge in [0.2, 0.25) is 0 Å². The van der Waals surface area contributed by atoms with Crippen LogP contribution in [-0.2, 0) is 13.1 Å². The van der Waals surface area contributed by atoms with Crippen molar-refractivity contribution in [3.8, 4) is 0 Å². The average molecular weight is 303 g/mol. The number of benzene rings is 2. The molecule has 0 heterocycles. The third kappa shape index (κ3) is 4.23. The van der Waals surface area contributed by atoms with Gasteiger partial charge in [-0.15, -0.1) is 0 Å². The van der Waals surface area contributed by atoms with Gasteiger partial charge in [-0.1, -0.05) is 48.9 Å². The zero-order valence-corrected chi connectivity index (χ0v) is 13.7. The molecule has 2 aromatic carbocycles. The van der Waals surface area contributed by atoms with Crippen molar-refractivity contribution in [2.75, 3.05) is 18.5 Å². The average Bonchev–Trinajstić information content (AvgIpc) is 2.48. The van der Waals surface area contributed by atoms with Crippen molar-refractivity contribution < 1.29 is 0 Å². The molecule has 0 radical (unpaired) electrons. The molecule has 2 rings (SSSR count). The lowest BCUT2D eigenvalue weighted by atomic mass is 10.1. The second-order valence-corrected chi connectivity index (χ2v) is 5.77. The van der Waals surface area contributed by atoms with Gasteiger partial charge in [-0.3, -0.25) is 0 Å². The van der Waals surface area contributed by atoms with E-state index >= 15 is 0 Å². The predicted octanol–water partition coefficient (Wildman–Crippen LogP) is 4.39. The highest BCUT2D eigenvalue weighted by Gasteiger charge is 2.10. The molecule has 0 unspecified atom stereocenters. The normalized spacial score (nSPS) is 10.7. The molecule has 0 amide bonds. The first-order valence-corrected chi connectivity index (χ1v) is 7.74. The molecule has 0 bridgehead atoms. The Kier molecular flexibility index (Phi) is 5.66. The summed E-state index contributed by atoms with van der Waals surface area (Å²) in [5, 5.41) is 4.16. The minimum Gasteiger partial charge on any atom is -0.370 e. The van der Waals surface area contributed by atoms with Crippen molar-refractivity contribution in [3.63, 3.8) is 0 Å². The largest absolute Gasteiger partial charge is 0.370 e. The summed E-state index contributed by atoms with van der Waals surface area (Å²) in [4.78, 5) is 2.26. The summed E-state index contributed by atoms with van der Waals surface area (Å²) in [5.41, 5.74) is 5.12. The molecule has 0 aliphatic carbocycles. The third-order valence-electron chi connectivity index (χ3n) is 3.69. The lowest BCUT2D eigenvalue weighted by Crippen LogP contribution is -2.21. The van der Waals surface area contributed by atoms with Crippen molar-refractivity contribution in [1.82, 2.24) is 5.32 Å². The Hall–Kier alpha value is -1.51. The lowest BCUT2D eigenvalue weighted by molar-refractivity contribution is 0.723. The summed E-state index contributed by atoms with van der Waals surface area (Å²) in [7, 11) is 2.12. The molecule has 0 aromatic heterocycles. The zero-order valence-electron chi connectivity index (χ0n) is 13.0. The quantitative estimate of drug-likeness (QED) is 0.851. The van der Waals surface area contributed by atoms with E-state index in [0.29, 0.717) is 0 Å². The number of hydrogen-bond acceptors (Lipinski definition) is 2. The van der Waals surface area contributed by atoms with E-state index in [1.165, 1.54) is 22.4 Å². The van der Waals surface area contributed by atoms with Crippen molar-refractivity contribution in [3.05, 3.63) is 64.2 Å². The van der Waals surface area contributed by atoms with Gasteiger partial charge in [-0.25, -0.2) is 0 Å². The van der Waals surface area contributed by atoms with Crippen LogP contribution >= 0.6 is 11.6 Å². The molecule has 0 aliphatic heterocycles. The van der Waals surface area contributed by atoms with Gasteiger partial charge in [0.05, 0.1) is 0 Å². The number of aryl methyl sites for hydroxylation is 1. The molecular formula is C18H23ClN2. The third-order valence-corrected chi connectivity index (χ3v) is 3.93. The van der Waals surface area contributed by atoms with Crippen LogP contribution in [0.3, 0.4) is 0 Å². The van der Waals surface area contributed by atoms with Crippen LogP contribution in [0, 0.1) is 6.92 Å². The second kappa shape index (κ2) is 7.48. The second-order valence-electron chi connectivity index (χ2n) is 5.34. The maximum absolute atomic E-state index is 6.18. The fourth-order valence-corrected chi connectivity index (χ4v) is 2.60. The predicted molar refractivity (Wildman–Crippen MR) is 92.1 cm³/mol. The highest BCUT2D eigenvalue weighted by atomic mass is 35.5. The van der Waals surface area contributed by atoms with Crippen molar-refractivity contribution in [2.45, 2.75) is 26.9 Å². The van der Waals surface area contributed by atoms with Crippen LogP contribution in [0.25, 0.3) is 0 Å². The Balaban J connectivity index is 2.23. The van der Waals surface area contributed by atoms with E-state index in [1.807, 2.05) is 12.1 Å². The summed E-state index contributed by atoms with van der Waals surface area (Å²) >= 11 is 6.18. The molecule has 0 spiro atoms. The number of nitrogens with zero attached hydrogens (tertiary/aromatic N) is 1. The van der Waals surface area contributed by atoms with Gasteiger partial charge < -0.3 is 10.2 Å². The SMILES string of the molecule is CCNCc1ccc(Cl)cc1N(C)Cc1ccccc1C. The Bertz CT molecular complexity index is 596. The summed E-state index contributed by atoms with van der Waals surface area (Å²) in [5.74, 6) is 0. The van der Waals surface area contributed by atoms with Gasteiger partial charge >= 0.3 is 0 Å².